The number of sulfonamides is 1. The number of hydrogen-bond donors (Lipinski definition) is 3. The molecule has 8 nitrogen and oxygen atoms in total. The molecule has 25 heavy (non-hydrogen) atoms. The second kappa shape index (κ2) is 9.50. The Balaban J connectivity index is 2.80. The van der Waals surface area contributed by atoms with Crippen LogP contribution in [-0.4, -0.2) is 58.4 Å². The van der Waals surface area contributed by atoms with E-state index in [4.69, 9.17) is 0 Å². The van der Waals surface area contributed by atoms with Crippen LogP contribution in [0.2, 0.25) is 0 Å². The second-order valence-corrected chi connectivity index (χ2v) is 7.35. The lowest BCUT2D eigenvalue weighted by Gasteiger charge is -2.19. The molecule has 1 rings (SSSR count). The summed E-state index contributed by atoms with van der Waals surface area (Å²) < 4.78 is 26.2. The first kappa shape index (κ1) is 21.1. The summed E-state index contributed by atoms with van der Waals surface area (Å²) in [5, 5.41) is 5.36. The van der Waals surface area contributed by atoms with Crippen LogP contribution in [0.4, 0.5) is 5.69 Å². The van der Waals surface area contributed by atoms with Gasteiger partial charge in [0.25, 0.3) is 0 Å². The maximum atomic E-state index is 12.2. The first-order chi connectivity index (χ1) is 11.7. The van der Waals surface area contributed by atoms with Crippen molar-refractivity contribution in [3.8, 4) is 0 Å². The van der Waals surface area contributed by atoms with Crippen LogP contribution in [0.25, 0.3) is 0 Å². The van der Waals surface area contributed by atoms with Crippen molar-refractivity contribution in [2.75, 3.05) is 38.5 Å². The lowest BCUT2D eigenvalue weighted by Crippen LogP contribution is -2.41. The average Bonchev–Trinajstić information content (AvgIpc) is 2.56. The molecular weight excluding hydrogens is 344 g/mol. The monoisotopic (exact) mass is 370 g/mol. The largest absolute Gasteiger partial charge is 0.355 e. The van der Waals surface area contributed by atoms with Gasteiger partial charge < -0.3 is 10.6 Å². The van der Waals surface area contributed by atoms with Gasteiger partial charge in [0.1, 0.15) is 0 Å². The molecule has 0 atom stereocenters. The first-order valence-electron chi connectivity index (χ1n) is 8.06. The number of carbonyl (C=O) groups excluding carboxylic acids is 2. The molecule has 140 valence electrons. The highest BCUT2D eigenvalue weighted by molar-refractivity contribution is 7.89. The molecule has 0 fully saturated rings. The molecule has 0 heterocycles. The van der Waals surface area contributed by atoms with E-state index in [0.717, 1.165) is 0 Å². The Morgan fingerprint density at radius 3 is 2.32 bits per heavy atom. The zero-order valence-electron chi connectivity index (χ0n) is 15.0. The Morgan fingerprint density at radius 2 is 1.76 bits per heavy atom. The molecule has 1 aromatic rings. The van der Waals surface area contributed by atoms with Crippen molar-refractivity contribution in [3.05, 3.63) is 23.8 Å². The number of aryl methyl sites for hydroxylation is 1. The van der Waals surface area contributed by atoms with E-state index in [1.54, 1.807) is 24.0 Å². The molecule has 3 N–H and O–H groups in total. The zero-order valence-corrected chi connectivity index (χ0v) is 15.9. The van der Waals surface area contributed by atoms with E-state index in [-0.39, 0.29) is 29.8 Å². The number of rotatable bonds is 9. The minimum atomic E-state index is -3.60. The number of carbonyl (C=O) groups is 2. The van der Waals surface area contributed by atoms with Gasteiger partial charge >= 0.3 is 0 Å². The summed E-state index contributed by atoms with van der Waals surface area (Å²) >= 11 is 0. The highest BCUT2D eigenvalue weighted by Crippen LogP contribution is 2.19. The molecule has 2 amide bonds. The third kappa shape index (κ3) is 6.45. The van der Waals surface area contributed by atoms with Crippen molar-refractivity contribution in [1.29, 1.82) is 0 Å². The molecule has 0 bridgehead atoms. The van der Waals surface area contributed by atoms with E-state index in [0.29, 0.717) is 24.3 Å². The van der Waals surface area contributed by atoms with E-state index in [9.17, 15) is 18.0 Å². The number of hydrogen-bond acceptors (Lipinski definition) is 5. The minimum absolute atomic E-state index is 0.0373. The van der Waals surface area contributed by atoms with Crippen molar-refractivity contribution in [3.63, 3.8) is 0 Å². The molecule has 1 aromatic carbocycles. The van der Waals surface area contributed by atoms with Gasteiger partial charge in [0.2, 0.25) is 21.8 Å². The number of nitrogens with one attached hydrogen (secondary N) is 3. The summed E-state index contributed by atoms with van der Waals surface area (Å²) in [6.07, 6.45) is 0. The number of nitrogens with zero attached hydrogens (tertiary/aromatic N) is 1. The predicted molar refractivity (Wildman–Crippen MR) is 96.9 cm³/mol. The quantitative estimate of drug-likeness (QED) is 0.579. The fourth-order valence-corrected chi connectivity index (χ4v) is 3.21. The van der Waals surface area contributed by atoms with Crippen LogP contribution < -0.4 is 15.4 Å². The lowest BCUT2D eigenvalue weighted by molar-refractivity contribution is -0.123. The number of amides is 2. The molecule has 0 aromatic heterocycles. The number of anilines is 1. The minimum Gasteiger partial charge on any atom is -0.355 e. The SMILES string of the molecule is CCNC(=O)CN(CC)CC(=O)Nc1ccc(C)c(S(=O)(=O)NC)c1. The van der Waals surface area contributed by atoms with Gasteiger partial charge in [0.15, 0.2) is 0 Å². The molecule has 0 aliphatic carbocycles. The summed E-state index contributed by atoms with van der Waals surface area (Å²) in [5.74, 6) is -0.460. The summed E-state index contributed by atoms with van der Waals surface area (Å²) in [6.45, 7) is 6.61. The molecule has 0 saturated heterocycles. The van der Waals surface area contributed by atoms with Gasteiger partial charge in [-0.25, -0.2) is 13.1 Å². The maximum absolute atomic E-state index is 12.2. The van der Waals surface area contributed by atoms with Crippen molar-refractivity contribution in [1.82, 2.24) is 14.9 Å². The van der Waals surface area contributed by atoms with E-state index < -0.39 is 10.0 Å². The van der Waals surface area contributed by atoms with Crippen LogP contribution >= 0.6 is 0 Å². The fraction of sp³-hybridized carbons (Fsp3) is 0.500. The molecule has 0 radical (unpaired) electrons. The summed E-state index contributed by atoms with van der Waals surface area (Å²) in [7, 11) is -2.27. The van der Waals surface area contributed by atoms with Crippen molar-refractivity contribution >= 4 is 27.5 Å². The Labute approximate surface area is 149 Å². The van der Waals surface area contributed by atoms with Crippen LogP contribution in [0.5, 0.6) is 0 Å². The summed E-state index contributed by atoms with van der Waals surface area (Å²) in [4.78, 5) is 25.6. The predicted octanol–water partition coefficient (Wildman–Crippen LogP) is 0.300. The average molecular weight is 370 g/mol. The topological polar surface area (TPSA) is 108 Å². The lowest BCUT2D eigenvalue weighted by atomic mass is 10.2. The maximum Gasteiger partial charge on any atom is 0.240 e. The van der Waals surface area contributed by atoms with E-state index in [2.05, 4.69) is 15.4 Å². The molecule has 9 heteroatoms. The van der Waals surface area contributed by atoms with Crippen LogP contribution in [0, 0.1) is 6.92 Å². The fourth-order valence-electron chi connectivity index (χ4n) is 2.22. The highest BCUT2D eigenvalue weighted by atomic mass is 32.2. The molecule has 0 aliphatic rings. The third-order valence-corrected chi connectivity index (χ3v) is 5.14. The highest BCUT2D eigenvalue weighted by Gasteiger charge is 2.17. The standard InChI is InChI=1S/C16H26N4O4S/c1-5-18-15(21)10-20(6-2)11-16(22)19-13-8-7-12(3)14(9-13)25(23,24)17-4/h7-9,17H,5-6,10-11H2,1-4H3,(H,18,21)(H,19,22). The Kier molecular flexibility index (Phi) is 8.01. The van der Waals surface area contributed by atoms with Crippen molar-refractivity contribution in [2.45, 2.75) is 25.7 Å². The van der Waals surface area contributed by atoms with Crippen LogP contribution in [0.15, 0.2) is 23.1 Å². The van der Waals surface area contributed by atoms with E-state index in [1.165, 1.54) is 13.1 Å². The van der Waals surface area contributed by atoms with Gasteiger partial charge in [0, 0.05) is 12.2 Å². The van der Waals surface area contributed by atoms with Crippen LogP contribution in [-0.2, 0) is 19.6 Å². The van der Waals surface area contributed by atoms with Gasteiger partial charge in [-0.3, -0.25) is 14.5 Å². The Hall–Kier alpha value is -1.97. The molecule has 0 saturated carbocycles. The Bertz CT molecular complexity index is 719. The van der Waals surface area contributed by atoms with Crippen molar-refractivity contribution in [2.24, 2.45) is 0 Å². The third-order valence-electron chi connectivity index (χ3n) is 3.59. The van der Waals surface area contributed by atoms with Crippen LogP contribution in [0.3, 0.4) is 0 Å². The number of benzene rings is 1. The Morgan fingerprint density at radius 1 is 1.12 bits per heavy atom. The summed E-state index contributed by atoms with van der Waals surface area (Å²) in [6, 6.07) is 4.69. The summed E-state index contributed by atoms with van der Waals surface area (Å²) in [5.41, 5.74) is 0.970. The molecule has 0 aliphatic heterocycles. The first-order valence-corrected chi connectivity index (χ1v) is 9.54. The zero-order chi connectivity index (χ0) is 19.0. The molecule has 0 unspecified atom stereocenters. The van der Waals surface area contributed by atoms with Gasteiger partial charge in [-0.05, 0) is 45.1 Å². The van der Waals surface area contributed by atoms with Gasteiger partial charge in [0.05, 0.1) is 18.0 Å². The van der Waals surface area contributed by atoms with E-state index >= 15 is 0 Å². The number of likely N-dealkylation sites (N-methyl/N-ethyl adjacent to an activating group) is 2. The van der Waals surface area contributed by atoms with Gasteiger partial charge in [-0.2, -0.15) is 0 Å². The molecule has 0 spiro atoms. The second-order valence-electron chi connectivity index (χ2n) is 5.49. The van der Waals surface area contributed by atoms with E-state index in [1.807, 2.05) is 13.8 Å². The normalized spacial score (nSPS) is 11.4. The smallest absolute Gasteiger partial charge is 0.240 e. The van der Waals surface area contributed by atoms with Crippen LogP contribution in [0.1, 0.15) is 19.4 Å². The van der Waals surface area contributed by atoms with Gasteiger partial charge in [-0.1, -0.05) is 13.0 Å². The van der Waals surface area contributed by atoms with Crippen molar-refractivity contribution < 1.29 is 18.0 Å². The van der Waals surface area contributed by atoms with Gasteiger partial charge in [-0.15, -0.1) is 0 Å². The molecular formula is C16H26N4O4S.